The van der Waals surface area contributed by atoms with Gasteiger partial charge in [-0.05, 0) is 44.0 Å². The van der Waals surface area contributed by atoms with Crippen LogP contribution < -0.4 is 5.01 Å². The molecule has 0 bridgehead atoms. The minimum absolute atomic E-state index is 0.269. The van der Waals surface area contributed by atoms with Crippen LogP contribution in [0, 0.1) is 18.8 Å². The summed E-state index contributed by atoms with van der Waals surface area (Å²) in [4.78, 5) is 12.6. The molecule has 1 amide bonds. The lowest BCUT2D eigenvalue weighted by Crippen LogP contribution is -2.44. The molecule has 114 valence electrons. The Morgan fingerprint density at radius 1 is 1.04 bits per heavy atom. The molecule has 2 aromatic rings. The van der Waals surface area contributed by atoms with Crippen LogP contribution in [0.1, 0.15) is 18.1 Å². The van der Waals surface area contributed by atoms with Crippen molar-refractivity contribution in [3.8, 4) is 11.8 Å². The van der Waals surface area contributed by atoms with Gasteiger partial charge in [0, 0.05) is 5.56 Å². The Hall–Kier alpha value is -2.90. The van der Waals surface area contributed by atoms with Crippen molar-refractivity contribution in [3.63, 3.8) is 0 Å². The minimum Gasteiger partial charge on any atom is -0.365 e. The Bertz CT molecular complexity index is 829. The number of hydrogen-bond acceptors (Lipinski definition) is 3. The molecule has 1 aliphatic rings. The van der Waals surface area contributed by atoms with E-state index in [-0.39, 0.29) is 5.71 Å². The van der Waals surface area contributed by atoms with Gasteiger partial charge in [0.25, 0.3) is 5.91 Å². The van der Waals surface area contributed by atoms with E-state index in [1.165, 1.54) is 5.01 Å². The van der Waals surface area contributed by atoms with E-state index in [4.69, 9.17) is 0 Å². The molecule has 0 aromatic heterocycles. The van der Waals surface area contributed by atoms with Gasteiger partial charge in [-0.2, -0.15) is 10.1 Å². The van der Waals surface area contributed by atoms with Crippen molar-refractivity contribution >= 4 is 17.3 Å². The summed E-state index contributed by atoms with van der Waals surface area (Å²) in [5.41, 5.74) is 0.846. The van der Waals surface area contributed by atoms with Crippen LogP contribution in [0.4, 0.5) is 5.69 Å². The molecule has 1 heterocycles. The summed E-state index contributed by atoms with van der Waals surface area (Å²) in [6, 6.07) is 16.6. The molecule has 0 aliphatic carbocycles. The molecular formula is C19H16N2O2. The van der Waals surface area contributed by atoms with E-state index in [1.807, 2.05) is 49.4 Å². The molecule has 23 heavy (non-hydrogen) atoms. The minimum atomic E-state index is -1.89. The molecule has 0 saturated carbocycles. The lowest BCUT2D eigenvalue weighted by molar-refractivity contribution is -0.126. The SMILES string of the molecule is CC1=NN(c2ccccc2)C(=O)C1(O)C#Cc1ccc(C)cc1. The highest BCUT2D eigenvalue weighted by Crippen LogP contribution is 2.26. The molecule has 1 N–H and O–H groups in total. The molecule has 2 aromatic carbocycles. The van der Waals surface area contributed by atoms with Gasteiger partial charge < -0.3 is 5.11 Å². The zero-order valence-electron chi connectivity index (χ0n) is 12.9. The van der Waals surface area contributed by atoms with Crippen LogP contribution in [0.15, 0.2) is 59.7 Å². The third-order valence-electron chi connectivity index (χ3n) is 3.72. The van der Waals surface area contributed by atoms with Crippen molar-refractivity contribution in [2.75, 3.05) is 5.01 Å². The largest absolute Gasteiger partial charge is 0.365 e. The van der Waals surface area contributed by atoms with Gasteiger partial charge in [-0.1, -0.05) is 41.8 Å². The summed E-state index contributed by atoms with van der Waals surface area (Å²) in [5, 5.41) is 16.0. The topological polar surface area (TPSA) is 52.9 Å². The van der Waals surface area contributed by atoms with E-state index in [2.05, 4.69) is 16.9 Å². The van der Waals surface area contributed by atoms with Gasteiger partial charge in [-0.25, -0.2) is 0 Å². The van der Waals surface area contributed by atoms with Crippen LogP contribution in [-0.4, -0.2) is 22.3 Å². The van der Waals surface area contributed by atoms with Crippen molar-refractivity contribution in [3.05, 3.63) is 65.7 Å². The van der Waals surface area contributed by atoms with Crippen LogP contribution in [0.5, 0.6) is 0 Å². The summed E-state index contributed by atoms with van der Waals surface area (Å²) >= 11 is 0. The first kappa shape index (κ1) is 15.0. The Balaban J connectivity index is 1.92. The van der Waals surface area contributed by atoms with Crippen molar-refractivity contribution < 1.29 is 9.90 Å². The lowest BCUT2D eigenvalue weighted by Gasteiger charge is -2.16. The Morgan fingerprint density at radius 2 is 1.70 bits per heavy atom. The van der Waals surface area contributed by atoms with Crippen molar-refractivity contribution in [1.29, 1.82) is 0 Å². The maximum atomic E-state index is 12.6. The highest BCUT2D eigenvalue weighted by atomic mass is 16.3. The van der Waals surface area contributed by atoms with E-state index in [0.717, 1.165) is 11.1 Å². The fraction of sp³-hybridized carbons (Fsp3) is 0.158. The number of anilines is 1. The summed E-state index contributed by atoms with van der Waals surface area (Å²) in [6.45, 7) is 3.59. The van der Waals surface area contributed by atoms with Gasteiger partial charge >= 0.3 is 0 Å². The zero-order chi connectivity index (χ0) is 16.4. The van der Waals surface area contributed by atoms with Gasteiger partial charge in [0.1, 0.15) is 0 Å². The zero-order valence-corrected chi connectivity index (χ0v) is 12.9. The number of rotatable bonds is 1. The number of hydrazone groups is 1. The first-order valence-corrected chi connectivity index (χ1v) is 7.28. The third kappa shape index (κ3) is 2.75. The standard InChI is InChI=1S/C19H16N2O2/c1-14-8-10-16(11-9-14)12-13-19(23)15(2)20-21(18(19)22)17-6-4-3-5-7-17/h3-11,23H,1-2H3. The number of carbonyl (C=O) groups is 1. The second-order valence-corrected chi connectivity index (χ2v) is 5.46. The number of amides is 1. The van der Waals surface area contributed by atoms with Gasteiger partial charge in [-0.3, -0.25) is 4.79 Å². The van der Waals surface area contributed by atoms with E-state index >= 15 is 0 Å². The Kier molecular flexibility index (Phi) is 3.73. The molecule has 1 unspecified atom stereocenters. The van der Waals surface area contributed by atoms with E-state index in [0.29, 0.717) is 5.69 Å². The van der Waals surface area contributed by atoms with Crippen molar-refractivity contribution in [2.24, 2.45) is 5.10 Å². The summed E-state index contributed by atoms with van der Waals surface area (Å²) < 4.78 is 0. The van der Waals surface area contributed by atoms with Gasteiger partial charge in [0.05, 0.1) is 11.4 Å². The summed E-state index contributed by atoms with van der Waals surface area (Å²) in [7, 11) is 0. The number of carbonyl (C=O) groups excluding carboxylic acids is 1. The van der Waals surface area contributed by atoms with Crippen LogP contribution in [0.25, 0.3) is 0 Å². The van der Waals surface area contributed by atoms with Crippen molar-refractivity contribution in [1.82, 2.24) is 0 Å². The lowest BCUT2D eigenvalue weighted by atomic mass is 9.98. The fourth-order valence-electron chi connectivity index (χ4n) is 2.26. The maximum Gasteiger partial charge on any atom is 0.298 e. The highest BCUT2D eigenvalue weighted by molar-refractivity contribution is 6.23. The Morgan fingerprint density at radius 3 is 2.35 bits per heavy atom. The first-order chi connectivity index (χ1) is 11.0. The molecule has 4 heteroatoms. The number of aliphatic hydroxyl groups is 1. The number of aryl methyl sites for hydroxylation is 1. The summed E-state index contributed by atoms with van der Waals surface area (Å²) in [5.74, 6) is 4.98. The van der Waals surface area contributed by atoms with Crippen LogP contribution in [0.3, 0.4) is 0 Å². The van der Waals surface area contributed by atoms with E-state index < -0.39 is 11.5 Å². The van der Waals surface area contributed by atoms with Gasteiger partial charge in [-0.15, -0.1) is 0 Å². The molecule has 0 saturated heterocycles. The van der Waals surface area contributed by atoms with E-state index in [1.54, 1.807) is 19.1 Å². The first-order valence-electron chi connectivity index (χ1n) is 7.28. The molecular weight excluding hydrogens is 288 g/mol. The van der Waals surface area contributed by atoms with Crippen molar-refractivity contribution in [2.45, 2.75) is 19.4 Å². The van der Waals surface area contributed by atoms with Gasteiger partial charge in [0.2, 0.25) is 5.60 Å². The maximum absolute atomic E-state index is 12.6. The monoisotopic (exact) mass is 304 g/mol. The molecule has 0 radical (unpaired) electrons. The quantitative estimate of drug-likeness (QED) is 0.823. The molecule has 0 spiro atoms. The highest BCUT2D eigenvalue weighted by Gasteiger charge is 2.47. The van der Waals surface area contributed by atoms with Crippen LogP contribution in [-0.2, 0) is 4.79 Å². The second kappa shape index (κ2) is 5.71. The molecule has 3 rings (SSSR count). The number of hydrogen-bond donors (Lipinski definition) is 1. The average Bonchev–Trinajstić information content (AvgIpc) is 2.80. The van der Waals surface area contributed by atoms with E-state index in [9.17, 15) is 9.90 Å². The second-order valence-electron chi connectivity index (χ2n) is 5.46. The third-order valence-corrected chi connectivity index (χ3v) is 3.72. The summed E-state index contributed by atoms with van der Waals surface area (Å²) in [6.07, 6.45) is 0. The van der Waals surface area contributed by atoms with Crippen LogP contribution in [0.2, 0.25) is 0 Å². The van der Waals surface area contributed by atoms with Crippen LogP contribution >= 0.6 is 0 Å². The molecule has 4 nitrogen and oxygen atoms in total. The molecule has 1 atom stereocenters. The average molecular weight is 304 g/mol. The fourth-order valence-corrected chi connectivity index (χ4v) is 2.26. The number of para-hydroxylation sites is 1. The Labute approximate surface area is 135 Å². The molecule has 0 fully saturated rings. The smallest absolute Gasteiger partial charge is 0.298 e. The van der Waals surface area contributed by atoms with Gasteiger partial charge in [0.15, 0.2) is 0 Å². The molecule has 1 aliphatic heterocycles. The predicted molar refractivity (Wildman–Crippen MR) is 90.0 cm³/mol. The normalized spacial score (nSPS) is 20.0. The predicted octanol–water partition coefficient (Wildman–Crippen LogP) is 2.50. The number of nitrogens with zero attached hydrogens (tertiary/aromatic N) is 2. The number of benzene rings is 2.